The highest BCUT2D eigenvalue weighted by Gasteiger charge is 2.05. The van der Waals surface area contributed by atoms with E-state index in [1.165, 1.54) is 0 Å². The Kier molecular flexibility index (Phi) is 5.73. The zero-order valence-electron chi connectivity index (χ0n) is 10.7. The van der Waals surface area contributed by atoms with Gasteiger partial charge in [0.25, 0.3) is 0 Å². The highest BCUT2D eigenvalue weighted by molar-refractivity contribution is 9.10. The van der Waals surface area contributed by atoms with E-state index >= 15 is 0 Å². The van der Waals surface area contributed by atoms with Gasteiger partial charge in [0.1, 0.15) is 12.4 Å². The average molecular weight is 375 g/mol. The Balaban J connectivity index is 2.08. The van der Waals surface area contributed by atoms with E-state index in [-0.39, 0.29) is 0 Å². The summed E-state index contributed by atoms with van der Waals surface area (Å²) in [6.07, 6.45) is 0.805. The lowest BCUT2D eigenvalue weighted by atomic mass is 10.1. The number of rotatable bonds is 5. The maximum Gasteiger partial charge on any atom is 0.120 e. The van der Waals surface area contributed by atoms with Crippen LogP contribution in [0.2, 0.25) is 10.0 Å². The van der Waals surface area contributed by atoms with Gasteiger partial charge in [0.05, 0.1) is 0 Å². The fourth-order valence-electron chi connectivity index (χ4n) is 1.79. The predicted molar refractivity (Wildman–Crippen MR) is 87.7 cm³/mol. The number of ether oxygens (including phenoxy) is 1. The van der Waals surface area contributed by atoms with Crippen LogP contribution in [0, 0.1) is 0 Å². The number of hydrogen-bond donors (Lipinski definition) is 1. The summed E-state index contributed by atoms with van der Waals surface area (Å²) in [4.78, 5) is 0. The SMILES string of the molecule is NCCc1cc(OCc2ccc(Cl)cc2Cl)ccc1Br. The first-order chi connectivity index (χ1) is 9.60. The molecule has 0 aliphatic rings. The van der Waals surface area contributed by atoms with E-state index in [9.17, 15) is 0 Å². The number of nitrogens with two attached hydrogens (primary N) is 1. The van der Waals surface area contributed by atoms with E-state index in [2.05, 4.69) is 15.9 Å². The zero-order chi connectivity index (χ0) is 14.5. The number of hydrogen-bond acceptors (Lipinski definition) is 2. The van der Waals surface area contributed by atoms with Crippen LogP contribution in [0.4, 0.5) is 0 Å². The molecule has 0 aliphatic heterocycles. The number of halogens is 3. The highest BCUT2D eigenvalue weighted by Crippen LogP contribution is 2.25. The van der Waals surface area contributed by atoms with Crippen LogP contribution in [0.3, 0.4) is 0 Å². The minimum Gasteiger partial charge on any atom is -0.489 e. The third-order valence-corrected chi connectivity index (χ3v) is 4.20. The van der Waals surface area contributed by atoms with Crippen LogP contribution in [0.25, 0.3) is 0 Å². The average Bonchev–Trinajstić information content (AvgIpc) is 2.41. The molecule has 0 fully saturated rings. The molecule has 2 aromatic carbocycles. The van der Waals surface area contributed by atoms with E-state index in [4.69, 9.17) is 33.7 Å². The third-order valence-electron chi connectivity index (χ3n) is 2.84. The molecule has 0 saturated heterocycles. The maximum atomic E-state index is 6.11. The molecule has 0 atom stereocenters. The fraction of sp³-hybridized carbons (Fsp3) is 0.200. The van der Waals surface area contributed by atoms with Crippen molar-refractivity contribution in [2.24, 2.45) is 5.73 Å². The lowest BCUT2D eigenvalue weighted by Gasteiger charge is -2.10. The Morgan fingerprint density at radius 1 is 1.05 bits per heavy atom. The first-order valence-corrected chi connectivity index (χ1v) is 7.70. The van der Waals surface area contributed by atoms with E-state index in [1.54, 1.807) is 12.1 Å². The summed E-state index contributed by atoms with van der Waals surface area (Å²) in [6.45, 7) is 1.00. The van der Waals surface area contributed by atoms with Crippen LogP contribution in [-0.4, -0.2) is 6.54 Å². The van der Waals surface area contributed by atoms with Gasteiger partial charge in [-0.2, -0.15) is 0 Å². The van der Waals surface area contributed by atoms with E-state index < -0.39 is 0 Å². The van der Waals surface area contributed by atoms with Crippen molar-refractivity contribution in [3.63, 3.8) is 0 Å². The summed E-state index contributed by atoms with van der Waals surface area (Å²) < 4.78 is 6.81. The maximum absolute atomic E-state index is 6.11. The summed E-state index contributed by atoms with van der Waals surface area (Å²) in [5.74, 6) is 0.794. The zero-order valence-corrected chi connectivity index (χ0v) is 13.8. The van der Waals surface area contributed by atoms with Gasteiger partial charge in [0.2, 0.25) is 0 Å². The Morgan fingerprint density at radius 2 is 1.85 bits per heavy atom. The fourth-order valence-corrected chi connectivity index (χ4v) is 2.70. The first kappa shape index (κ1) is 15.6. The van der Waals surface area contributed by atoms with Gasteiger partial charge in [-0.15, -0.1) is 0 Å². The summed E-state index contributed by atoms with van der Waals surface area (Å²) in [7, 11) is 0. The van der Waals surface area contributed by atoms with Gasteiger partial charge >= 0.3 is 0 Å². The van der Waals surface area contributed by atoms with Crippen molar-refractivity contribution in [2.75, 3.05) is 6.54 Å². The summed E-state index contributed by atoms with van der Waals surface area (Å²) in [6, 6.07) is 11.2. The molecule has 2 nitrogen and oxygen atoms in total. The second kappa shape index (κ2) is 7.32. The molecule has 0 saturated carbocycles. The van der Waals surface area contributed by atoms with Crippen LogP contribution in [0.5, 0.6) is 5.75 Å². The molecule has 0 unspecified atom stereocenters. The molecule has 0 bridgehead atoms. The molecular formula is C15H14BrCl2NO. The monoisotopic (exact) mass is 373 g/mol. The van der Waals surface area contributed by atoms with Gasteiger partial charge in [0.15, 0.2) is 0 Å². The van der Waals surface area contributed by atoms with Crippen molar-refractivity contribution in [3.8, 4) is 5.75 Å². The molecule has 20 heavy (non-hydrogen) atoms. The van der Waals surface area contributed by atoms with Gasteiger partial charge in [-0.3, -0.25) is 0 Å². The van der Waals surface area contributed by atoms with Crippen LogP contribution < -0.4 is 10.5 Å². The van der Waals surface area contributed by atoms with Gasteiger partial charge in [-0.05, 0) is 48.9 Å². The van der Waals surface area contributed by atoms with Crippen molar-refractivity contribution < 1.29 is 4.74 Å². The lowest BCUT2D eigenvalue weighted by Crippen LogP contribution is -2.04. The van der Waals surface area contributed by atoms with Crippen molar-refractivity contribution in [3.05, 3.63) is 62.0 Å². The van der Waals surface area contributed by atoms with Crippen molar-refractivity contribution in [1.29, 1.82) is 0 Å². The lowest BCUT2D eigenvalue weighted by molar-refractivity contribution is 0.306. The minimum atomic E-state index is 0.402. The smallest absolute Gasteiger partial charge is 0.120 e. The van der Waals surface area contributed by atoms with Crippen LogP contribution in [0.15, 0.2) is 40.9 Å². The normalized spacial score (nSPS) is 10.6. The molecule has 0 radical (unpaired) electrons. The van der Waals surface area contributed by atoms with Crippen LogP contribution >= 0.6 is 39.1 Å². The minimum absolute atomic E-state index is 0.402. The Morgan fingerprint density at radius 3 is 2.55 bits per heavy atom. The molecule has 5 heteroatoms. The standard InChI is InChI=1S/C15H14BrCl2NO/c16-14-4-3-13(7-10(14)5-6-19)20-9-11-1-2-12(17)8-15(11)18/h1-4,7-8H,5-6,9,19H2. The molecular weight excluding hydrogens is 361 g/mol. The molecule has 106 valence electrons. The van der Waals surface area contributed by atoms with Crippen molar-refractivity contribution in [2.45, 2.75) is 13.0 Å². The quantitative estimate of drug-likeness (QED) is 0.812. The molecule has 0 aromatic heterocycles. The van der Waals surface area contributed by atoms with E-state index in [0.717, 1.165) is 27.8 Å². The topological polar surface area (TPSA) is 35.2 Å². The molecule has 0 aliphatic carbocycles. The van der Waals surface area contributed by atoms with Crippen molar-refractivity contribution in [1.82, 2.24) is 0 Å². The van der Waals surface area contributed by atoms with Gasteiger partial charge in [-0.1, -0.05) is 45.2 Å². The Bertz CT molecular complexity index is 604. The molecule has 2 aromatic rings. The van der Waals surface area contributed by atoms with Crippen molar-refractivity contribution >= 4 is 39.1 Å². The largest absolute Gasteiger partial charge is 0.489 e. The van der Waals surface area contributed by atoms with E-state index in [1.807, 2.05) is 24.3 Å². The van der Waals surface area contributed by atoms with Gasteiger partial charge < -0.3 is 10.5 Å². The second-order valence-corrected chi connectivity index (χ2v) is 6.01. The Hall–Kier alpha value is -0.740. The summed E-state index contributed by atoms with van der Waals surface area (Å²) in [5, 5.41) is 1.23. The Labute approximate surface area is 137 Å². The molecule has 0 amide bonds. The first-order valence-electron chi connectivity index (χ1n) is 6.15. The molecule has 2 N–H and O–H groups in total. The van der Waals surface area contributed by atoms with Crippen LogP contribution in [-0.2, 0) is 13.0 Å². The van der Waals surface area contributed by atoms with Crippen LogP contribution in [0.1, 0.15) is 11.1 Å². The highest BCUT2D eigenvalue weighted by atomic mass is 79.9. The predicted octanol–water partition coefficient (Wildman–Crippen LogP) is 4.84. The van der Waals surface area contributed by atoms with Gasteiger partial charge in [-0.25, -0.2) is 0 Å². The summed E-state index contributed by atoms with van der Waals surface area (Å²) >= 11 is 15.5. The third kappa shape index (κ3) is 4.13. The molecule has 2 rings (SSSR count). The second-order valence-electron chi connectivity index (χ2n) is 4.32. The van der Waals surface area contributed by atoms with Gasteiger partial charge in [0, 0.05) is 20.1 Å². The van der Waals surface area contributed by atoms with E-state index in [0.29, 0.717) is 23.2 Å². The molecule has 0 spiro atoms. The molecule has 0 heterocycles. The summed E-state index contributed by atoms with van der Waals surface area (Å²) in [5.41, 5.74) is 7.62. The number of benzene rings is 2.